The van der Waals surface area contributed by atoms with Gasteiger partial charge >= 0.3 is 36.4 Å². The van der Waals surface area contributed by atoms with Crippen molar-refractivity contribution in [1.82, 2.24) is 0 Å². The second-order valence-corrected chi connectivity index (χ2v) is 9.60. The molecular formula is C3H12O14P4. The van der Waals surface area contributed by atoms with Gasteiger partial charge in [-0.25, -0.2) is 18.2 Å². The summed E-state index contributed by atoms with van der Waals surface area (Å²) in [5.74, 6) is 0. The molecule has 0 aromatic carbocycles. The van der Waals surface area contributed by atoms with E-state index in [1.54, 1.807) is 0 Å². The van der Waals surface area contributed by atoms with Crippen LogP contribution in [0.1, 0.15) is 6.92 Å². The number of phosphoric acid groups is 2. The van der Waals surface area contributed by atoms with Crippen LogP contribution >= 0.6 is 30.8 Å². The highest BCUT2D eigenvalue weighted by molar-refractivity contribution is 7.59. The molecule has 0 aliphatic rings. The minimum absolute atomic E-state index is 0.311. The highest BCUT2D eigenvalue weighted by Crippen LogP contribution is 2.69. The van der Waals surface area contributed by atoms with E-state index in [1.807, 2.05) is 0 Å². The van der Waals surface area contributed by atoms with E-state index in [0.29, 0.717) is 6.92 Å². The standard InChI is InChI=1S/C3H12O14P4/c1-2(18(4,5)6)3(19(7,8)9,16-20(10,11)12)17-21(13,14)15/h2H,1H3,(H2,4,5,6)(H2,7,8,9)(H2,10,11,12)(H2,13,14,15). The van der Waals surface area contributed by atoms with Gasteiger partial charge in [0.25, 0.3) is 0 Å². The molecule has 0 amide bonds. The lowest BCUT2D eigenvalue weighted by molar-refractivity contribution is -0.0906. The summed E-state index contributed by atoms with van der Waals surface area (Å²) >= 11 is 0. The van der Waals surface area contributed by atoms with Crippen molar-refractivity contribution in [3.8, 4) is 0 Å². The summed E-state index contributed by atoms with van der Waals surface area (Å²) in [6.45, 7) is 0.311. The molecule has 0 aliphatic carbocycles. The van der Waals surface area contributed by atoms with E-state index in [-0.39, 0.29) is 0 Å². The topological polar surface area (TPSA) is 249 Å². The molecule has 0 bridgehead atoms. The molecule has 8 N–H and O–H groups in total. The molecule has 128 valence electrons. The van der Waals surface area contributed by atoms with Crippen LogP contribution in [-0.4, -0.2) is 50.3 Å². The Labute approximate surface area is 116 Å². The number of rotatable bonds is 7. The lowest BCUT2D eigenvalue weighted by atomic mass is 10.5. The summed E-state index contributed by atoms with van der Waals surface area (Å²) < 4.78 is 51.0. The van der Waals surface area contributed by atoms with Crippen LogP contribution < -0.4 is 0 Å². The second-order valence-electron chi connectivity index (χ2n) is 3.60. The maximum Gasteiger partial charge on any atom is 0.472 e. The molecular weight excluding hydrogens is 384 g/mol. The van der Waals surface area contributed by atoms with Gasteiger partial charge in [-0.2, -0.15) is 0 Å². The lowest BCUT2D eigenvalue weighted by Crippen LogP contribution is -2.44. The normalized spacial score (nSPS) is 16.8. The van der Waals surface area contributed by atoms with Gasteiger partial charge in [0, 0.05) is 0 Å². The Morgan fingerprint density at radius 1 is 0.762 bits per heavy atom. The van der Waals surface area contributed by atoms with E-state index >= 15 is 0 Å². The third-order valence-corrected chi connectivity index (χ3v) is 6.18. The third kappa shape index (κ3) is 6.26. The summed E-state index contributed by atoms with van der Waals surface area (Å²) in [6, 6.07) is 0. The summed E-state index contributed by atoms with van der Waals surface area (Å²) in [7, 11) is -23.5. The first-order valence-electron chi connectivity index (χ1n) is 4.45. The van der Waals surface area contributed by atoms with Crippen LogP contribution in [0.2, 0.25) is 0 Å². The largest absolute Gasteiger partial charge is 0.472 e. The summed E-state index contributed by atoms with van der Waals surface area (Å²) in [5, 5.41) is 0. The van der Waals surface area contributed by atoms with Gasteiger partial charge in [0.05, 0.1) is 0 Å². The van der Waals surface area contributed by atoms with Gasteiger partial charge in [0.15, 0.2) is 0 Å². The molecule has 1 unspecified atom stereocenters. The molecule has 0 heterocycles. The molecule has 0 aromatic rings. The van der Waals surface area contributed by atoms with Crippen molar-refractivity contribution in [2.24, 2.45) is 0 Å². The van der Waals surface area contributed by atoms with Crippen LogP contribution in [0.4, 0.5) is 0 Å². The molecule has 14 nitrogen and oxygen atoms in total. The average molecular weight is 396 g/mol. The molecule has 0 aromatic heterocycles. The van der Waals surface area contributed by atoms with E-state index in [9.17, 15) is 18.3 Å². The fourth-order valence-corrected chi connectivity index (χ4v) is 5.78. The summed E-state index contributed by atoms with van der Waals surface area (Å²) in [6.07, 6.45) is 0. The molecule has 21 heavy (non-hydrogen) atoms. The SMILES string of the molecule is CC(C(OP(=O)(O)O)(OP(=O)(O)O)P(=O)(O)O)P(=O)(O)O. The molecule has 1 atom stereocenters. The van der Waals surface area contributed by atoms with Crippen LogP contribution in [0.25, 0.3) is 0 Å². The molecule has 0 saturated heterocycles. The number of phosphoric ester groups is 2. The highest BCUT2D eigenvalue weighted by atomic mass is 31.2. The van der Waals surface area contributed by atoms with E-state index in [0.717, 1.165) is 0 Å². The number of hydrogen-bond acceptors (Lipinski definition) is 6. The summed E-state index contributed by atoms with van der Waals surface area (Å²) in [4.78, 5) is 70.2. The van der Waals surface area contributed by atoms with E-state index in [1.165, 1.54) is 0 Å². The fourth-order valence-electron chi connectivity index (χ4n) is 1.07. The van der Waals surface area contributed by atoms with Gasteiger partial charge in [-0.1, -0.05) is 0 Å². The van der Waals surface area contributed by atoms with Gasteiger partial charge in [-0.05, 0) is 6.92 Å². The van der Waals surface area contributed by atoms with Crippen molar-refractivity contribution in [3.63, 3.8) is 0 Å². The molecule has 0 aliphatic heterocycles. The fraction of sp³-hybridized carbons (Fsp3) is 1.00. The minimum Gasteiger partial charge on any atom is -0.324 e. The van der Waals surface area contributed by atoms with E-state index in [4.69, 9.17) is 39.1 Å². The first-order valence-corrected chi connectivity index (χ1v) is 10.8. The zero-order valence-electron chi connectivity index (χ0n) is 9.89. The predicted octanol–water partition coefficient (Wildman–Crippen LogP) is -1.40. The second kappa shape index (κ2) is 6.20. The van der Waals surface area contributed by atoms with Crippen molar-refractivity contribution in [1.29, 1.82) is 0 Å². The first kappa shape index (κ1) is 21.5. The number of hydrogen-bond donors (Lipinski definition) is 8. The molecule has 0 rings (SSSR count). The third-order valence-electron chi connectivity index (χ3n) is 1.94. The predicted molar refractivity (Wildman–Crippen MR) is 62.5 cm³/mol. The van der Waals surface area contributed by atoms with E-state index < -0.39 is 42.0 Å². The lowest BCUT2D eigenvalue weighted by Gasteiger charge is -2.37. The van der Waals surface area contributed by atoms with Crippen molar-refractivity contribution >= 4 is 30.8 Å². The maximum absolute atomic E-state index is 11.3. The Kier molecular flexibility index (Phi) is 6.35. The quantitative estimate of drug-likeness (QED) is 0.182. The van der Waals surface area contributed by atoms with Gasteiger partial charge in [-0.3, -0.25) is 9.13 Å². The van der Waals surface area contributed by atoms with Crippen LogP contribution in [-0.2, 0) is 27.3 Å². The molecule has 0 radical (unpaired) electrons. The van der Waals surface area contributed by atoms with Crippen molar-refractivity contribution in [3.05, 3.63) is 0 Å². The van der Waals surface area contributed by atoms with Gasteiger partial charge in [-0.15, -0.1) is 0 Å². The zero-order valence-corrected chi connectivity index (χ0v) is 13.5. The van der Waals surface area contributed by atoms with E-state index in [2.05, 4.69) is 9.05 Å². The Morgan fingerprint density at radius 3 is 1.19 bits per heavy atom. The monoisotopic (exact) mass is 396 g/mol. The smallest absolute Gasteiger partial charge is 0.324 e. The molecule has 0 saturated carbocycles. The highest BCUT2D eigenvalue weighted by Gasteiger charge is 2.65. The maximum atomic E-state index is 11.3. The van der Waals surface area contributed by atoms with Crippen LogP contribution in [0.15, 0.2) is 0 Å². The van der Waals surface area contributed by atoms with Crippen molar-refractivity contribution < 1.29 is 66.5 Å². The van der Waals surface area contributed by atoms with Gasteiger partial charge in [0.2, 0.25) is 0 Å². The molecule has 0 fully saturated rings. The Bertz CT molecular complexity index is 531. The van der Waals surface area contributed by atoms with Gasteiger partial charge in [0.1, 0.15) is 5.66 Å². The van der Waals surface area contributed by atoms with Crippen LogP contribution in [0.5, 0.6) is 0 Å². The van der Waals surface area contributed by atoms with Gasteiger partial charge < -0.3 is 39.1 Å². The summed E-state index contributed by atoms with van der Waals surface area (Å²) in [5.41, 5.74) is -7.12. The van der Waals surface area contributed by atoms with Crippen molar-refractivity contribution in [2.75, 3.05) is 0 Å². The van der Waals surface area contributed by atoms with Crippen LogP contribution in [0, 0.1) is 0 Å². The average Bonchev–Trinajstić information content (AvgIpc) is 2.06. The molecule has 18 heteroatoms. The Morgan fingerprint density at radius 2 is 1.05 bits per heavy atom. The molecule has 0 spiro atoms. The first-order chi connectivity index (χ1) is 8.82. The Hall–Kier alpha value is 0.520. The van der Waals surface area contributed by atoms with Crippen molar-refractivity contribution in [2.45, 2.75) is 18.1 Å². The Balaban J connectivity index is 6.39. The zero-order chi connectivity index (χ0) is 17.5. The minimum atomic E-state index is -6.17. The van der Waals surface area contributed by atoms with Crippen LogP contribution in [0.3, 0.4) is 0 Å².